The molecule has 0 saturated heterocycles. The molecule has 0 saturated carbocycles. The zero-order valence-corrected chi connectivity index (χ0v) is 8.96. The van der Waals surface area contributed by atoms with E-state index in [2.05, 4.69) is 10.3 Å². The summed E-state index contributed by atoms with van der Waals surface area (Å²) in [5.74, 6) is 0. The quantitative estimate of drug-likeness (QED) is 0.851. The molecule has 0 aliphatic rings. The zero-order valence-electron chi connectivity index (χ0n) is 7.38. The SMILES string of the molecule is Cn1nncc1C(O)c1ccsc1Cl. The van der Waals surface area contributed by atoms with Crippen LogP contribution in [0.1, 0.15) is 17.4 Å². The van der Waals surface area contributed by atoms with E-state index in [1.165, 1.54) is 22.2 Å². The topological polar surface area (TPSA) is 50.9 Å². The normalized spacial score (nSPS) is 13.1. The Morgan fingerprint density at radius 1 is 1.64 bits per heavy atom. The number of thiophene rings is 1. The average Bonchev–Trinajstić information content (AvgIpc) is 2.73. The fraction of sp³-hybridized carbons (Fsp3) is 0.250. The molecule has 6 heteroatoms. The molecule has 2 heterocycles. The van der Waals surface area contributed by atoms with Gasteiger partial charge in [-0.3, -0.25) is 0 Å². The lowest BCUT2D eigenvalue weighted by Crippen LogP contribution is -2.05. The number of aromatic nitrogens is 3. The van der Waals surface area contributed by atoms with E-state index in [4.69, 9.17) is 11.6 Å². The number of hydrogen-bond donors (Lipinski definition) is 1. The minimum atomic E-state index is -0.756. The van der Waals surface area contributed by atoms with Crippen molar-refractivity contribution in [2.24, 2.45) is 7.05 Å². The van der Waals surface area contributed by atoms with Crippen LogP contribution in [0.15, 0.2) is 17.6 Å². The Morgan fingerprint density at radius 3 is 2.93 bits per heavy atom. The molecule has 1 N–H and O–H groups in total. The summed E-state index contributed by atoms with van der Waals surface area (Å²) in [5.41, 5.74) is 1.33. The maximum absolute atomic E-state index is 9.95. The Kier molecular flexibility index (Phi) is 2.54. The molecule has 74 valence electrons. The lowest BCUT2D eigenvalue weighted by molar-refractivity contribution is 0.210. The third kappa shape index (κ3) is 1.54. The smallest absolute Gasteiger partial charge is 0.125 e. The van der Waals surface area contributed by atoms with E-state index in [1.807, 2.05) is 5.38 Å². The number of nitrogens with zero attached hydrogens (tertiary/aromatic N) is 3. The van der Waals surface area contributed by atoms with Gasteiger partial charge in [-0.2, -0.15) is 0 Å². The highest BCUT2D eigenvalue weighted by molar-refractivity contribution is 7.14. The van der Waals surface area contributed by atoms with Crippen molar-refractivity contribution in [2.75, 3.05) is 0 Å². The molecule has 2 aromatic heterocycles. The third-order valence-corrected chi connectivity index (χ3v) is 3.17. The van der Waals surface area contributed by atoms with Crippen LogP contribution in [0, 0.1) is 0 Å². The van der Waals surface area contributed by atoms with Crippen LogP contribution < -0.4 is 0 Å². The molecule has 0 spiro atoms. The molecule has 4 nitrogen and oxygen atoms in total. The third-order valence-electron chi connectivity index (χ3n) is 1.97. The van der Waals surface area contributed by atoms with Gasteiger partial charge in [0.15, 0.2) is 0 Å². The summed E-state index contributed by atoms with van der Waals surface area (Å²) < 4.78 is 2.12. The van der Waals surface area contributed by atoms with E-state index >= 15 is 0 Å². The number of aliphatic hydroxyl groups is 1. The Bertz CT molecular complexity index is 399. The molecule has 1 unspecified atom stereocenters. The highest BCUT2D eigenvalue weighted by Gasteiger charge is 2.18. The molecular formula is C8H8ClN3OS. The maximum Gasteiger partial charge on any atom is 0.125 e. The van der Waals surface area contributed by atoms with Gasteiger partial charge in [0.1, 0.15) is 6.10 Å². The molecule has 2 aromatic rings. The van der Waals surface area contributed by atoms with Crippen molar-refractivity contribution in [3.63, 3.8) is 0 Å². The summed E-state index contributed by atoms with van der Waals surface area (Å²) >= 11 is 7.30. The van der Waals surface area contributed by atoms with Crippen molar-refractivity contribution in [3.05, 3.63) is 33.2 Å². The van der Waals surface area contributed by atoms with Crippen molar-refractivity contribution in [3.8, 4) is 0 Å². The van der Waals surface area contributed by atoms with E-state index in [-0.39, 0.29) is 0 Å². The van der Waals surface area contributed by atoms with Crippen molar-refractivity contribution in [1.29, 1.82) is 0 Å². The monoisotopic (exact) mass is 229 g/mol. The van der Waals surface area contributed by atoms with Gasteiger partial charge in [0.2, 0.25) is 0 Å². The van der Waals surface area contributed by atoms with Gasteiger partial charge in [-0.1, -0.05) is 16.8 Å². The number of rotatable bonds is 2. The lowest BCUT2D eigenvalue weighted by Gasteiger charge is -2.08. The Hall–Kier alpha value is -0.910. The first-order chi connectivity index (χ1) is 6.70. The fourth-order valence-electron chi connectivity index (χ4n) is 1.20. The molecule has 0 radical (unpaired) electrons. The molecule has 0 aliphatic carbocycles. The van der Waals surface area contributed by atoms with Crippen LogP contribution in [0.4, 0.5) is 0 Å². The maximum atomic E-state index is 9.95. The van der Waals surface area contributed by atoms with Crippen LogP contribution >= 0.6 is 22.9 Å². The summed E-state index contributed by atoms with van der Waals surface area (Å²) in [6.07, 6.45) is 0.771. The molecule has 0 bridgehead atoms. The van der Waals surface area contributed by atoms with Crippen LogP contribution in [0.3, 0.4) is 0 Å². The first-order valence-corrected chi connectivity index (χ1v) is 5.21. The molecular weight excluding hydrogens is 222 g/mol. The van der Waals surface area contributed by atoms with Gasteiger partial charge in [-0.05, 0) is 11.4 Å². The molecule has 0 aliphatic heterocycles. The lowest BCUT2D eigenvalue weighted by atomic mass is 10.1. The summed E-state index contributed by atoms with van der Waals surface area (Å²) in [6, 6.07) is 1.80. The van der Waals surface area contributed by atoms with Crippen LogP contribution in [0.2, 0.25) is 4.34 Å². The van der Waals surface area contributed by atoms with Crippen LogP contribution in [-0.4, -0.2) is 20.1 Å². The van der Waals surface area contributed by atoms with Gasteiger partial charge in [0.25, 0.3) is 0 Å². The Balaban J connectivity index is 2.38. The largest absolute Gasteiger partial charge is 0.382 e. The van der Waals surface area contributed by atoms with E-state index in [0.717, 1.165) is 0 Å². The van der Waals surface area contributed by atoms with Gasteiger partial charge in [0, 0.05) is 12.6 Å². The summed E-state index contributed by atoms with van der Waals surface area (Å²) in [6.45, 7) is 0. The van der Waals surface area contributed by atoms with E-state index in [9.17, 15) is 5.11 Å². The van der Waals surface area contributed by atoms with Gasteiger partial charge in [-0.25, -0.2) is 4.68 Å². The highest BCUT2D eigenvalue weighted by atomic mass is 35.5. The Morgan fingerprint density at radius 2 is 2.43 bits per heavy atom. The predicted molar refractivity (Wildman–Crippen MR) is 54.4 cm³/mol. The van der Waals surface area contributed by atoms with Gasteiger partial charge in [-0.15, -0.1) is 16.4 Å². The zero-order chi connectivity index (χ0) is 10.1. The van der Waals surface area contributed by atoms with Crippen molar-refractivity contribution < 1.29 is 5.11 Å². The van der Waals surface area contributed by atoms with Crippen molar-refractivity contribution in [1.82, 2.24) is 15.0 Å². The van der Waals surface area contributed by atoms with Crippen molar-refractivity contribution >= 4 is 22.9 Å². The second kappa shape index (κ2) is 3.68. The van der Waals surface area contributed by atoms with Gasteiger partial charge in [0.05, 0.1) is 16.2 Å². The van der Waals surface area contributed by atoms with E-state index < -0.39 is 6.10 Å². The highest BCUT2D eigenvalue weighted by Crippen LogP contribution is 2.31. The average molecular weight is 230 g/mol. The molecule has 14 heavy (non-hydrogen) atoms. The summed E-state index contributed by atoms with van der Waals surface area (Å²) in [7, 11) is 1.73. The first-order valence-electron chi connectivity index (χ1n) is 3.95. The second-order valence-electron chi connectivity index (χ2n) is 2.83. The molecule has 0 aromatic carbocycles. The standard InChI is InChI=1S/C8H8ClN3OS/c1-12-6(4-10-11-12)7(13)5-2-3-14-8(5)9/h2-4,7,13H,1H3. The summed E-state index contributed by atoms with van der Waals surface area (Å²) in [5, 5.41) is 19.2. The molecule has 0 amide bonds. The van der Waals surface area contributed by atoms with Crippen LogP contribution in [0.5, 0.6) is 0 Å². The summed E-state index contributed by atoms with van der Waals surface area (Å²) in [4.78, 5) is 0. The Labute approximate surface area is 89.8 Å². The number of halogens is 1. The van der Waals surface area contributed by atoms with E-state index in [0.29, 0.717) is 15.6 Å². The molecule has 0 fully saturated rings. The minimum Gasteiger partial charge on any atom is -0.382 e. The van der Waals surface area contributed by atoms with Gasteiger partial charge < -0.3 is 5.11 Å². The fourth-order valence-corrected chi connectivity index (χ4v) is 2.17. The number of hydrogen-bond acceptors (Lipinski definition) is 4. The van der Waals surface area contributed by atoms with Crippen LogP contribution in [0.25, 0.3) is 0 Å². The second-order valence-corrected chi connectivity index (χ2v) is 4.35. The van der Waals surface area contributed by atoms with E-state index in [1.54, 1.807) is 13.1 Å². The van der Waals surface area contributed by atoms with Crippen molar-refractivity contribution in [2.45, 2.75) is 6.10 Å². The predicted octanol–water partition coefficient (Wildman–Crippen LogP) is 1.61. The first kappa shape index (κ1) is 9.64. The number of aliphatic hydroxyl groups excluding tert-OH is 1. The minimum absolute atomic E-state index is 0.596. The van der Waals surface area contributed by atoms with Crippen LogP contribution in [-0.2, 0) is 7.05 Å². The number of aryl methyl sites for hydroxylation is 1. The molecule has 1 atom stereocenters. The van der Waals surface area contributed by atoms with Gasteiger partial charge >= 0.3 is 0 Å². The molecule has 2 rings (SSSR count).